The molecule has 2 rings (SSSR count). The molecule has 3 nitrogen and oxygen atoms in total. The number of ether oxygens (including phenoxy) is 1. The lowest BCUT2D eigenvalue weighted by Gasteiger charge is -2.21. The largest absolute Gasteiger partial charge is 0.377 e. The maximum absolute atomic E-state index is 5.53. The molecule has 15 heavy (non-hydrogen) atoms. The minimum atomic E-state index is 0.328. The van der Waals surface area contributed by atoms with Crippen molar-refractivity contribution in [3.8, 4) is 0 Å². The monoisotopic (exact) mass is 206 g/mol. The molecule has 0 radical (unpaired) electrons. The van der Waals surface area contributed by atoms with Gasteiger partial charge in [-0.3, -0.25) is 4.98 Å². The quantitative estimate of drug-likeness (QED) is 0.820. The molecule has 3 heteroatoms. The van der Waals surface area contributed by atoms with Gasteiger partial charge < -0.3 is 10.1 Å². The molecule has 0 aromatic carbocycles. The number of nitrogens with zero attached hydrogens (tertiary/aromatic N) is 1. The molecule has 0 amide bonds. The van der Waals surface area contributed by atoms with E-state index in [4.69, 9.17) is 4.74 Å². The van der Waals surface area contributed by atoms with Crippen LogP contribution < -0.4 is 5.32 Å². The van der Waals surface area contributed by atoms with Crippen molar-refractivity contribution in [1.29, 1.82) is 0 Å². The molecule has 82 valence electrons. The van der Waals surface area contributed by atoms with Crippen molar-refractivity contribution in [2.75, 3.05) is 6.61 Å². The number of pyridine rings is 1. The first-order chi connectivity index (χ1) is 7.27. The van der Waals surface area contributed by atoms with Crippen LogP contribution >= 0.6 is 0 Å². The fraction of sp³-hybridized carbons (Fsp3) is 0.583. The first kappa shape index (κ1) is 10.6. The summed E-state index contributed by atoms with van der Waals surface area (Å²) in [4.78, 5) is 4.02. The molecule has 1 aliphatic rings. The van der Waals surface area contributed by atoms with E-state index >= 15 is 0 Å². The third-order valence-electron chi connectivity index (χ3n) is 3.05. The maximum Gasteiger partial charge on any atom is 0.0700 e. The Bertz CT molecular complexity index is 302. The standard InChI is InChI=1S/C12H18N2O/c1-9(11-3-6-13-7-4-11)14-12-5-8-15-10(12)2/h3-4,6-7,9-10,12,14H,5,8H2,1-2H3/t9-,10?,12?/m0/s1. The topological polar surface area (TPSA) is 34.1 Å². The Morgan fingerprint density at radius 1 is 1.47 bits per heavy atom. The van der Waals surface area contributed by atoms with Crippen LogP contribution in [0.2, 0.25) is 0 Å². The molecule has 1 N–H and O–H groups in total. The van der Waals surface area contributed by atoms with E-state index in [1.165, 1.54) is 5.56 Å². The zero-order valence-corrected chi connectivity index (χ0v) is 9.31. The predicted molar refractivity (Wildman–Crippen MR) is 59.6 cm³/mol. The van der Waals surface area contributed by atoms with Gasteiger partial charge in [-0.1, -0.05) is 0 Å². The van der Waals surface area contributed by atoms with Crippen molar-refractivity contribution in [3.63, 3.8) is 0 Å². The fourth-order valence-corrected chi connectivity index (χ4v) is 2.02. The second kappa shape index (κ2) is 4.73. The van der Waals surface area contributed by atoms with Gasteiger partial charge >= 0.3 is 0 Å². The molecule has 1 fully saturated rings. The first-order valence-electron chi connectivity index (χ1n) is 5.55. The van der Waals surface area contributed by atoms with Gasteiger partial charge in [-0.2, -0.15) is 0 Å². The van der Waals surface area contributed by atoms with Crippen molar-refractivity contribution in [1.82, 2.24) is 10.3 Å². The zero-order chi connectivity index (χ0) is 10.7. The van der Waals surface area contributed by atoms with Crippen LogP contribution in [0, 0.1) is 0 Å². The van der Waals surface area contributed by atoms with Gasteiger partial charge in [0.05, 0.1) is 6.10 Å². The Balaban J connectivity index is 1.95. The van der Waals surface area contributed by atoms with E-state index in [9.17, 15) is 0 Å². The van der Waals surface area contributed by atoms with Crippen molar-refractivity contribution < 1.29 is 4.74 Å². The molecule has 0 bridgehead atoms. The number of hydrogen-bond acceptors (Lipinski definition) is 3. The second-order valence-electron chi connectivity index (χ2n) is 4.14. The van der Waals surface area contributed by atoms with Crippen LogP contribution in [0.4, 0.5) is 0 Å². The predicted octanol–water partition coefficient (Wildman–Crippen LogP) is 1.91. The minimum Gasteiger partial charge on any atom is -0.377 e. The highest BCUT2D eigenvalue weighted by Gasteiger charge is 2.25. The van der Waals surface area contributed by atoms with Crippen LogP contribution in [-0.2, 0) is 4.74 Å². The van der Waals surface area contributed by atoms with Crippen LogP contribution in [0.1, 0.15) is 31.9 Å². The van der Waals surface area contributed by atoms with E-state index in [1.807, 2.05) is 12.4 Å². The summed E-state index contributed by atoms with van der Waals surface area (Å²) in [5, 5.41) is 3.59. The summed E-state index contributed by atoms with van der Waals surface area (Å²) in [5.41, 5.74) is 1.28. The summed E-state index contributed by atoms with van der Waals surface area (Å²) < 4.78 is 5.53. The van der Waals surface area contributed by atoms with Crippen LogP contribution in [0.3, 0.4) is 0 Å². The van der Waals surface area contributed by atoms with E-state index in [-0.39, 0.29) is 0 Å². The van der Waals surface area contributed by atoms with Crippen LogP contribution in [0.25, 0.3) is 0 Å². The molecule has 1 aromatic rings. The molecule has 2 unspecified atom stereocenters. The Kier molecular flexibility index (Phi) is 3.34. The summed E-state index contributed by atoms with van der Waals surface area (Å²) in [6, 6.07) is 4.95. The van der Waals surface area contributed by atoms with Crippen LogP contribution in [0.15, 0.2) is 24.5 Å². The SMILES string of the molecule is CC1OCCC1N[C@@H](C)c1ccncc1. The van der Waals surface area contributed by atoms with E-state index in [1.54, 1.807) is 0 Å². The molecule has 0 saturated carbocycles. The lowest BCUT2D eigenvalue weighted by atomic mass is 10.1. The lowest BCUT2D eigenvalue weighted by molar-refractivity contribution is 0.111. The zero-order valence-electron chi connectivity index (χ0n) is 9.31. The average Bonchev–Trinajstić information content (AvgIpc) is 2.66. The number of nitrogens with one attached hydrogen (secondary N) is 1. The van der Waals surface area contributed by atoms with E-state index in [0.29, 0.717) is 18.2 Å². The van der Waals surface area contributed by atoms with Gasteiger partial charge in [0, 0.05) is 31.1 Å². The van der Waals surface area contributed by atoms with Gasteiger partial charge in [0.25, 0.3) is 0 Å². The molecule has 1 saturated heterocycles. The third-order valence-corrected chi connectivity index (χ3v) is 3.05. The average molecular weight is 206 g/mol. The highest BCUT2D eigenvalue weighted by Crippen LogP contribution is 2.18. The van der Waals surface area contributed by atoms with Crippen molar-refractivity contribution in [3.05, 3.63) is 30.1 Å². The summed E-state index contributed by atoms with van der Waals surface area (Å²) in [6.45, 7) is 5.19. The number of rotatable bonds is 3. The lowest BCUT2D eigenvalue weighted by Crippen LogP contribution is -2.36. The van der Waals surface area contributed by atoms with Crippen molar-refractivity contribution in [2.45, 2.75) is 38.5 Å². The Labute approximate surface area is 90.9 Å². The van der Waals surface area contributed by atoms with Gasteiger partial charge in [-0.25, -0.2) is 0 Å². The summed E-state index contributed by atoms with van der Waals surface area (Å²) in [7, 11) is 0. The van der Waals surface area contributed by atoms with Crippen LogP contribution in [0.5, 0.6) is 0 Å². The van der Waals surface area contributed by atoms with Gasteiger partial charge in [0.15, 0.2) is 0 Å². The van der Waals surface area contributed by atoms with Gasteiger partial charge in [0.2, 0.25) is 0 Å². The molecule has 2 heterocycles. The molecule has 1 aliphatic heterocycles. The van der Waals surface area contributed by atoms with Gasteiger partial charge in [0.1, 0.15) is 0 Å². The Morgan fingerprint density at radius 3 is 2.80 bits per heavy atom. The van der Waals surface area contributed by atoms with Crippen LogP contribution in [-0.4, -0.2) is 23.7 Å². The summed E-state index contributed by atoms with van der Waals surface area (Å²) >= 11 is 0. The number of aromatic nitrogens is 1. The molecule has 0 spiro atoms. The third kappa shape index (κ3) is 2.55. The number of hydrogen-bond donors (Lipinski definition) is 1. The van der Waals surface area contributed by atoms with E-state index in [0.717, 1.165) is 13.0 Å². The highest BCUT2D eigenvalue weighted by molar-refractivity contribution is 5.14. The summed E-state index contributed by atoms with van der Waals surface area (Å²) in [5.74, 6) is 0. The van der Waals surface area contributed by atoms with Gasteiger partial charge in [-0.05, 0) is 38.0 Å². The molecule has 0 aliphatic carbocycles. The van der Waals surface area contributed by atoms with Gasteiger partial charge in [-0.15, -0.1) is 0 Å². The Hall–Kier alpha value is -0.930. The minimum absolute atomic E-state index is 0.328. The van der Waals surface area contributed by atoms with Crippen molar-refractivity contribution in [2.24, 2.45) is 0 Å². The molecular formula is C12H18N2O. The molecule has 3 atom stereocenters. The highest BCUT2D eigenvalue weighted by atomic mass is 16.5. The Morgan fingerprint density at radius 2 is 2.20 bits per heavy atom. The first-order valence-corrected chi connectivity index (χ1v) is 5.55. The van der Waals surface area contributed by atoms with Crippen molar-refractivity contribution >= 4 is 0 Å². The molecular weight excluding hydrogens is 188 g/mol. The molecule has 1 aromatic heterocycles. The second-order valence-corrected chi connectivity index (χ2v) is 4.14. The maximum atomic E-state index is 5.53. The fourth-order valence-electron chi connectivity index (χ4n) is 2.02. The summed E-state index contributed by atoms with van der Waals surface area (Å²) in [6.07, 6.45) is 5.11. The van der Waals surface area contributed by atoms with E-state index in [2.05, 4.69) is 36.3 Å². The van der Waals surface area contributed by atoms with E-state index < -0.39 is 0 Å². The normalized spacial score (nSPS) is 27.9. The smallest absolute Gasteiger partial charge is 0.0700 e.